The molecule has 0 amide bonds. The molecular weight excluding hydrogens is 270 g/mol. The van der Waals surface area contributed by atoms with E-state index in [0.717, 1.165) is 0 Å². The van der Waals surface area contributed by atoms with Crippen LogP contribution < -0.4 is 21.3 Å². The summed E-state index contributed by atoms with van der Waals surface area (Å²) < 4.78 is 0. The van der Waals surface area contributed by atoms with Crippen LogP contribution in [-0.4, -0.2) is 8.80 Å². The zero-order valence-electron chi connectivity index (χ0n) is 11.9. The van der Waals surface area contributed by atoms with Crippen LogP contribution in [0.1, 0.15) is 5.56 Å². The van der Waals surface area contributed by atoms with Crippen molar-refractivity contribution < 1.29 is 0 Å². The first-order valence-electron chi connectivity index (χ1n) is 7.16. The largest absolute Gasteiger partial charge is 0.327 e. The molecule has 2 heteroatoms. The quantitative estimate of drug-likeness (QED) is 0.573. The molecule has 103 valence electrons. The zero-order valence-corrected chi connectivity index (χ0v) is 12.9. The highest BCUT2D eigenvalue weighted by Crippen LogP contribution is 2.00. The van der Waals surface area contributed by atoms with Crippen LogP contribution in [-0.2, 0) is 6.54 Å². The first-order chi connectivity index (χ1) is 10.4. The Bertz CT molecular complexity index is 656. The Morgan fingerprint density at radius 1 is 0.619 bits per heavy atom. The summed E-state index contributed by atoms with van der Waals surface area (Å²) in [6.45, 7) is 0.587. The number of rotatable bonds is 4. The summed E-state index contributed by atoms with van der Waals surface area (Å²) in [5.74, 6) is 0. The van der Waals surface area contributed by atoms with Crippen molar-refractivity contribution in [3.63, 3.8) is 0 Å². The molecule has 0 fully saturated rings. The summed E-state index contributed by atoms with van der Waals surface area (Å²) in [6.07, 6.45) is 0. The maximum absolute atomic E-state index is 5.96. The van der Waals surface area contributed by atoms with Gasteiger partial charge in [-0.25, -0.2) is 0 Å². The van der Waals surface area contributed by atoms with Gasteiger partial charge in [-0.15, -0.1) is 0 Å². The second kappa shape index (κ2) is 6.53. The van der Waals surface area contributed by atoms with E-state index >= 15 is 0 Å². The summed E-state index contributed by atoms with van der Waals surface area (Å²) in [7, 11) is -0.999. The fourth-order valence-corrected chi connectivity index (χ4v) is 5.41. The molecule has 0 spiro atoms. The van der Waals surface area contributed by atoms with Crippen LogP contribution in [0.5, 0.6) is 0 Å². The summed E-state index contributed by atoms with van der Waals surface area (Å²) >= 11 is 0. The highest BCUT2D eigenvalue weighted by molar-refractivity contribution is 6.95. The van der Waals surface area contributed by atoms with Crippen LogP contribution in [0.2, 0.25) is 0 Å². The van der Waals surface area contributed by atoms with Crippen LogP contribution in [0.3, 0.4) is 0 Å². The lowest BCUT2D eigenvalue weighted by molar-refractivity contribution is 1.08. The van der Waals surface area contributed by atoms with Gasteiger partial charge in [-0.3, -0.25) is 0 Å². The molecule has 2 N–H and O–H groups in total. The van der Waals surface area contributed by atoms with Gasteiger partial charge in [-0.2, -0.15) is 0 Å². The molecular formula is C19H18NSi. The SMILES string of the molecule is NCc1ccccc1[Si](c1ccccc1)c1ccccc1. The monoisotopic (exact) mass is 288 g/mol. The van der Waals surface area contributed by atoms with E-state index < -0.39 is 8.80 Å². The predicted molar refractivity (Wildman–Crippen MR) is 91.9 cm³/mol. The van der Waals surface area contributed by atoms with E-state index in [-0.39, 0.29) is 0 Å². The third kappa shape index (κ3) is 2.97. The Hall–Kier alpha value is -2.16. The zero-order chi connectivity index (χ0) is 14.5. The van der Waals surface area contributed by atoms with Crippen LogP contribution in [0.4, 0.5) is 0 Å². The van der Waals surface area contributed by atoms with Crippen molar-refractivity contribution in [2.45, 2.75) is 6.54 Å². The standard InChI is InChI=1S/C19H18NSi/c20-15-16-9-7-8-14-19(16)21(17-10-3-1-4-11-17)18-12-5-2-6-13-18/h1-14H,15,20H2. The summed E-state index contributed by atoms with van der Waals surface area (Å²) in [5, 5.41) is 4.19. The fraction of sp³-hybridized carbons (Fsp3) is 0.0526. The van der Waals surface area contributed by atoms with Gasteiger partial charge in [-0.1, -0.05) is 95.3 Å². The molecule has 0 unspecified atom stereocenters. The highest BCUT2D eigenvalue weighted by Gasteiger charge is 2.21. The minimum absolute atomic E-state index is 0.587. The van der Waals surface area contributed by atoms with Gasteiger partial charge in [0.2, 0.25) is 0 Å². The van der Waals surface area contributed by atoms with Crippen molar-refractivity contribution in [2.24, 2.45) is 5.73 Å². The van der Waals surface area contributed by atoms with Gasteiger partial charge in [0.05, 0.1) is 0 Å². The van der Waals surface area contributed by atoms with Crippen LogP contribution in [0, 0.1) is 0 Å². The average molecular weight is 288 g/mol. The normalized spacial score (nSPS) is 10.8. The van der Waals surface area contributed by atoms with Crippen LogP contribution in [0.25, 0.3) is 0 Å². The van der Waals surface area contributed by atoms with Gasteiger partial charge in [0.15, 0.2) is 8.80 Å². The number of benzene rings is 3. The molecule has 0 saturated heterocycles. The Morgan fingerprint density at radius 2 is 1.10 bits per heavy atom. The van der Waals surface area contributed by atoms with E-state index in [1.54, 1.807) is 0 Å². The lowest BCUT2D eigenvalue weighted by Crippen LogP contribution is -2.53. The molecule has 3 aromatic rings. The summed E-state index contributed by atoms with van der Waals surface area (Å²) in [5.41, 5.74) is 7.21. The van der Waals surface area contributed by atoms with Crippen LogP contribution >= 0.6 is 0 Å². The van der Waals surface area contributed by atoms with Gasteiger partial charge in [0.1, 0.15) is 0 Å². The topological polar surface area (TPSA) is 26.0 Å². The van der Waals surface area contributed by atoms with E-state index in [0.29, 0.717) is 6.54 Å². The van der Waals surface area contributed by atoms with Crippen molar-refractivity contribution in [1.82, 2.24) is 0 Å². The predicted octanol–water partition coefficient (Wildman–Crippen LogP) is 1.66. The van der Waals surface area contributed by atoms with Crippen molar-refractivity contribution in [2.75, 3.05) is 0 Å². The molecule has 0 aliphatic carbocycles. The molecule has 21 heavy (non-hydrogen) atoms. The molecule has 0 aliphatic rings. The van der Waals surface area contributed by atoms with Gasteiger partial charge in [0.25, 0.3) is 0 Å². The van der Waals surface area contributed by atoms with E-state index in [1.165, 1.54) is 21.1 Å². The second-order valence-corrected chi connectivity index (χ2v) is 7.41. The molecule has 1 nitrogen and oxygen atoms in total. The number of hydrogen-bond acceptors (Lipinski definition) is 1. The Morgan fingerprint density at radius 3 is 1.62 bits per heavy atom. The molecule has 1 radical (unpaired) electrons. The Balaban J connectivity index is 2.17. The maximum Gasteiger partial charge on any atom is 0.154 e. The number of hydrogen-bond donors (Lipinski definition) is 1. The molecule has 0 aliphatic heterocycles. The van der Waals surface area contributed by atoms with Gasteiger partial charge >= 0.3 is 0 Å². The van der Waals surface area contributed by atoms with Gasteiger partial charge < -0.3 is 5.73 Å². The maximum atomic E-state index is 5.96. The first kappa shape index (κ1) is 13.8. The summed E-state index contributed by atoms with van der Waals surface area (Å²) in [6, 6.07) is 30.1. The van der Waals surface area contributed by atoms with E-state index in [9.17, 15) is 0 Å². The molecule has 0 heterocycles. The third-order valence-electron chi connectivity index (χ3n) is 3.63. The lowest BCUT2D eigenvalue weighted by atomic mass is 10.2. The van der Waals surface area contributed by atoms with Crippen molar-refractivity contribution in [3.8, 4) is 0 Å². The van der Waals surface area contributed by atoms with E-state index in [4.69, 9.17) is 5.73 Å². The highest BCUT2D eigenvalue weighted by atomic mass is 28.3. The molecule has 3 rings (SSSR count). The van der Waals surface area contributed by atoms with Crippen molar-refractivity contribution >= 4 is 24.4 Å². The third-order valence-corrected chi connectivity index (χ3v) is 6.48. The smallest absolute Gasteiger partial charge is 0.154 e. The minimum Gasteiger partial charge on any atom is -0.327 e. The molecule has 0 atom stereocenters. The van der Waals surface area contributed by atoms with Gasteiger partial charge in [-0.05, 0) is 10.8 Å². The van der Waals surface area contributed by atoms with E-state index in [1.807, 2.05) is 0 Å². The molecule has 0 bridgehead atoms. The summed E-state index contributed by atoms with van der Waals surface area (Å²) in [4.78, 5) is 0. The number of nitrogens with two attached hydrogens (primary N) is 1. The Labute approximate surface area is 127 Å². The fourth-order valence-electron chi connectivity index (χ4n) is 2.63. The van der Waals surface area contributed by atoms with Crippen molar-refractivity contribution in [1.29, 1.82) is 0 Å². The van der Waals surface area contributed by atoms with Crippen molar-refractivity contribution in [3.05, 3.63) is 90.5 Å². The second-order valence-electron chi connectivity index (χ2n) is 4.97. The molecule has 0 aromatic heterocycles. The van der Waals surface area contributed by atoms with Crippen LogP contribution in [0.15, 0.2) is 84.9 Å². The van der Waals surface area contributed by atoms with E-state index in [2.05, 4.69) is 84.9 Å². The average Bonchev–Trinajstić information content (AvgIpc) is 2.58. The Kier molecular flexibility index (Phi) is 4.29. The first-order valence-corrected chi connectivity index (χ1v) is 8.66. The molecule has 0 saturated carbocycles. The minimum atomic E-state index is -0.999. The van der Waals surface area contributed by atoms with Gasteiger partial charge in [0, 0.05) is 6.54 Å². The lowest BCUT2D eigenvalue weighted by Gasteiger charge is -2.19. The molecule has 3 aromatic carbocycles.